The van der Waals surface area contributed by atoms with E-state index in [-0.39, 0.29) is 6.04 Å². The van der Waals surface area contributed by atoms with Crippen LogP contribution in [-0.4, -0.2) is 15.6 Å². The van der Waals surface area contributed by atoms with Crippen LogP contribution in [0.1, 0.15) is 38.8 Å². The third kappa shape index (κ3) is 2.13. The van der Waals surface area contributed by atoms with Gasteiger partial charge in [0.1, 0.15) is 5.69 Å². The van der Waals surface area contributed by atoms with Crippen LogP contribution < -0.4 is 0 Å². The Hall–Kier alpha value is -1.55. The third-order valence-electron chi connectivity index (χ3n) is 2.94. The van der Waals surface area contributed by atoms with Gasteiger partial charge in [-0.05, 0) is 44.5 Å². The van der Waals surface area contributed by atoms with Crippen molar-refractivity contribution in [1.82, 2.24) is 4.57 Å². The first-order chi connectivity index (χ1) is 8.00. The minimum atomic E-state index is -0.883. The van der Waals surface area contributed by atoms with E-state index in [2.05, 4.69) is 19.9 Å². The second kappa shape index (κ2) is 4.37. The van der Waals surface area contributed by atoms with Crippen molar-refractivity contribution in [2.75, 3.05) is 0 Å². The van der Waals surface area contributed by atoms with Gasteiger partial charge in [-0.15, -0.1) is 11.3 Å². The number of aryl methyl sites for hydroxylation is 2. The van der Waals surface area contributed by atoms with Crippen LogP contribution in [0.15, 0.2) is 24.4 Å². The van der Waals surface area contributed by atoms with Gasteiger partial charge in [-0.1, -0.05) is 0 Å². The zero-order chi connectivity index (χ0) is 12.6. The maximum absolute atomic E-state index is 11.1. The molecule has 0 spiro atoms. The van der Waals surface area contributed by atoms with E-state index in [1.54, 1.807) is 28.0 Å². The molecule has 17 heavy (non-hydrogen) atoms. The summed E-state index contributed by atoms with van der Waals surface area (Å²) in [6, 6.07) is 5.60. The lowest BCUT2D eigenvalue weighted by molar-refractivity contribution is 0.0684. The minimum Gasteiger partial charge on any atom is -0.477 e. The van der Waals surface area contributed by atoms with Gasteiger partial charge in [-0.25, -0.2) is 4.79 Å². The topological polar surface area (TPSA) is 42.2 Å². The van der Waals surface area contributed by atoms with Gasteiger partial charge in [0.15, 0.2) is 0 Å². The Kier molecular flexibility index (Phi) is 3.07. The van der Waals surface area contributed by atoms with Gasteiger partial charge in [-0.3, -0.25) is 0 Å². The van der Waals surface area contributed by atoms with Crippen LogP contribution in [-0.2, 0) is 0 Å². The average Bonchev–Trinajstić information content (AvgIpc) is 2.83. The summed E-state index contributed by atoms with van der Waals surface area (Å²) in [5.74, 6) is -0.883. The number of aromatic carboxylic acids is 1. The number of carboxylic acids is 1. The van der Waals surface area contributed by atoms with Crippen molar-refractivity contribution in [3.05, 3.63) is 45.4 Å². The molecule has 4 heteroatoms. The molecule has 0 aliphatic carbocycles. The number of nitrogens with zero attached hydrogens (tertiary/aromatic N) is 1. The molecule has 3 nitrogen and oxygen atoms in total. The Bertz CT molecular complexity index is 554. The Balaban J connectivity index is 2.43. The Morgan fingerprint density at radius 3 is 2.71 bits per heavy atom. The molecule has 1 atom stereocenters. The lowest BCUT2D eigenvalue weighted by atomic mass is 10.1. The summed E-state index contributed by atoms with van der Waals surface area (Å²) in [6.45, 7) is 6.18. The zero-order valence-electron chi connectivity index (χ0n) is 10.1. The number of thiophene rings is 1. The van der Waals surface area contributed by atoms with E-state index in [1.165, 1.54) is 15.3 Å². The van der Waals surface area contributed by atoms with Crippen LogP contribution in [0, 0.1) is 13.8 Å². The molecular formula is C13H15NO2S. The van der Waals surface area contributed by atoms with Gasteiger partial charge in [0, 0.05) is 16.0 Å². The number of hydrogen-bond acceptors (Lipinski definition) is 2. The fourth-order valence-electron chi connectivity index (χ4n) is 2.13. The summed E-state index contributed by atoms with van der Waals surface area (Å²) in [5, 5.41) is 9.11. The standard InChI is InChI=1S/C13H15NO2S/c1-8-7-11(10(3)17-8)9(2)14-6-4-5-12(14)13(15)16/h4-7,9H,1-3H3,(H,15,16). The van der Waals surface area contributed by atoms with Gasteiger partial charge < -0.3 is 9.67 Å². The van der Waals surface area contributed by atoms with Gasteiger partial charge in [0.2, 0.25) is 0 Å². The molecule has 2 aromatic rings. The zero-order valence-corrected chi connectivity index (χ0v) is 10.9. The number of hydrogen-bond donors (Lipinski definition) is 1. The Morgan fingerprint density at radius 2 is 2.18 bits per heavy atom. The summed E-state index contributed by atoms with van der Waals surface area (Å²) >= 11 is 1.75. The van der Waals surface area contributed by atoms with Gasteiger partial charge in [0.25, 0.3) is 0 Å². The van der Waals surface area contributed by atoms with Gasteiger partial charge in [-0.2, -0.15) is 0 Å². The Morgan fingerprint density at radius 1 is 1.47 bits per heavy atom. The molecular weight excluding hydrogens is 234 g/mol. The molecule has 90 valence electrons. The molecule has 0 aliphatic rings. The molecule has 0 fully saturated rings. The molecule has 0 saturated carbocycles. The maximum atomic E-state index is 11.1. The summed E-state index contributed by atoms with van der Waals surface area (Å²) in [7, 11) is 0. The second-order valence-electron chi connectivity index (χ2n) is 4.15. The van der Waals surface area contributed by atoms with Crippen LogP contribution in [0.4, 0.5) is 0 Å². The number of carboxylic acid groups (broad SMARTS) is 1. The highest BCUT2D eigenvalue weighted by Gasteiger charge is 2.17. The summed E-state index contributed by atoms with van der Waals surface area (Å²) in [6.07, 6.45) is 1.82. The van der Waals surface area contributed by atoms with E-state index in [0.29, 0.717) is 5.69 Å². The number of aromatic nitrogens is 1. The van der Waals surface area contributed by atoms with E-state index in [9.17, 15) is 4.79 Å². The van der Waals surface area contributed by atoms with Crippen molar-refractivity contribution >= 4 is 17.3 Å². The van der Waals surface area contributed by atoms with Crippen LogP contribution in [0.5, 0.6) is 0 Å². The summed E-state index contributed by atoms with van der Waals surface area (Å²) < 4.78 is 1.80. The smallest absolute Gasteiger partial charge is 0.352 e. The van der Waals surface area contributed by atoms with E-state index >= 15 is 0 Å². The van der Waals surface area contributed by atoms with Crippen LogP contribution in [0.2, 0.25) is 0 Å². The number of rotatable bonds is 3. The molecule has 0 amide bonds. The largest absolute Gasteiger partial charge is 0.477 e. The SMILES string of the molecule is Cc1cc(C(C)n2cccc2C(=O)O)c(C)s1. The van der Waals surface area contributed by atoms with Crippen LogP contribution in [0.3, 0.4) is 0 Å². The van der Waals surface area contributed by atoms with Crippen molar-refractivity contribution in [1.29, 1.82) is 0 Å². The predicted molar refractivity (Wildman–Crippen MR) is 69.0 cm³/mol. The van der Waals surface area contributed by atoms with Crippen molar-refractivity contribution in [3.8, 4) is 0 Å². The molecule has 2 aromatic heterocycles. The van der Waals surface area contributed by atoms with Crippen molar-refractivity contribution < 1.29 is 9.90 Å². The highest BCUT2D eigenvalue weighted by atomic mass is 32.1. The van der Waals surface area contributed by atoms with Crippen molar-refractivity contribution in [2.24, 2.45) is 0 Å². The molecule has 1 N–H and O–H groups in total. The lowest BCUT2D eigenvalue weighted by Gasteiger charge is -2.15. The van der Waals surface area contributed by atoms with Gasteiger partial charge >= 0.3 is 5.97 Å². The Labute approximate surface area is 104 Å². The average molecular weight is 249 g/mol. The quantitative estimate of drug-likeness (QED) is 0.905. The fraction of sp³-hybridized carbons (Fsp3) is 0.308. The first kappa shape index (κ1) is 11.9. The predicted octanol–water partition coefficient (Wildman–Crippen LogP) is 3.47. The molecule has 2 heterocycles. The van der Waals surface area contributed by atoms with E-state index in [1.807, 2.05) is 13.1 Å². The highest BCUT2D eigenvalue weighted by Crippen LogP contribution is 2.29. The van der Waals surface area contributed by atoms with Gasteiger partial charge in [0.05, 0.1) is 6.04 Å². The van der Waals surface area contributed by atoms with Crippen molar-refractivity contribution in [3.63, 3.8) is 0 Å². The summed E-state index contributed by atoms with van der Waals surface area (Å²) in [5.41, 5.74) is 1.53. The van der Waals surface area contributed by atoms with E-state index < -0.39 is 5.97 Å². The second-order valence-corrected chi connectivity index (χ2v) is 5.61. The normalized spacial score (nSPS) is 12.6. The third-order valence-corrected chi connectivity index (χ3v) is 3.93. The van der Waals surface area contributed by atoms with Crippen molar-refractivity contribution in [2.45, 2.75) is 26.8 Å². The van der Waals surface area contributed by atoms with Crippen LogP contribution >= 0.6 is 11.3 Å². The van der Waals surface area contributed by atoms with Crippen LogP contribution in [0.25, 0.3) is 0 Å². The molecule has 0 aliphatic heterocycles. The van der Waals surface area contributed by atoms with E-state index in [4.69, 9.17) is 5.11 Å². The molecule has 0 saturated heterocycles. The molecule has 1 unspecified atom stereocenters. The first-order valence-corrected chi connectivity index (χ1v) is 6.29. The lowest BCUT2D eigenvalue weighted by Crippen LogP contribution is -2.13. The summed E-state index contributed by atoms with van der Waals surface area (Å²) in [4.78, 5) is 13.6. The fourth-order valence-corrected chi connectivity index (χ4v) is 3.14. The molecule has 0 aromatic carbocycles. The first-order valence-electron chi connectivity index (χ1n) is 5.47. The molecule has 0 bridgehead atoms. The maximum Gasteiger partial charge on any atom is 0.352 e. The number of carbonyl (C=O) groups is 1. The minimum absolute atomic E-state index is 0.0565. The monoisotopic (exact) mass is 249 g/mol. The molecule has 0 radical (unpaired) electrons. The van der Waals surface area contributed by atoms with E-state index in [0.717, 1.165) is 0 Å². The highest BCUT2D eigenvalue weighted by molar-refractivity contribution is 7.12. The molecule has 2 rings (SSSR count).